The third-order valence-corrected chi connectivity index (χ3v) is 3.73. The lowest BCUT2D eigenvalue weighted by Gasteiger charge is -2.16. The van der Waals surface area contributed by atoms with E-state index in [1.165, 1.54) is 0 Å². The van der Waals surface area contributed by atoms with Gasteiger partial charge in [-0.25, -0.2) is 4.98 Å². The molecule has 1 heterocycles. The molecule has 0 spiro atoms. The Morgan fingerprint density at radius 3 is 2.52 bits per heavy atom. The quantitative estimate of drug-likeness (QED) is 0.891. The smallest absolute Gasteiger partial charge is 0.293 e. The first kappa shape index (κ1) is 15.8. The summed E-state index contributed by atoms with van der Waals surface area (Å²) in [5, 5.41) is 3.20. The van der Waals surface area contributed by atoms with E-state index in [4.69, 9.17) is 0 Å². The van der Waals surface area contributed by atoms with Gasteiger partial charge in [0.15, 0.2) is 5.82 Å². The van der Waals surface area contributed by atoms with Crippen molar-refractivity contribution >= 4 is 21.7 Å². The van der Waals surface area contributed by atoms with Crippen LogP contribution in [-0.4, -0.2) is 9.55 Å². The largest absolute Gasteiger partial charge is 0.359 e. The molecule has 0 aliphatic heterocycles. The van der Waals surface area contributed by atoms with Gasteiger partial charge in [0, 0.05) is 23.4 Å². The van der Waals surface area contributed by atoms with Crippen molar-refractivity contribution in [3.8, 4) is 0 Å². The molecule has 0 aliphatic carbocycles. The third-order valence-electron chi connectivity index (χ3n) is 3.20. The van der Waals surface area contributed by atoms with Crippen LogP contribution in [0.1, 0.15) is 32.4 Å². The van der Waals surface area contributed by atoms with E-state index in [1.54, 1.807) is 17.0 Å². The topological polar surface area (TPSA) is 46.9 Å². The molecule has 0 fully saturated rings. The number of halogens is 1. The number of benzene rings is 1. The Morgan fingerprint density at radius 2 is 1.90 bits per heavy atom. The van der Waals surface area contributed by atoms with E-state index in [2.05, 4.69) is 40.1 Å². The maximum atomic E-state index is 12.4. The molecule has 1 N–H and O–H groups in total. The Labute approximate surface area is 133 Å². The van der Waals surface area contributed by atoms with Gasteiger partial charge in [-0.1, -0.05) is 41.9 Å². The van der Waals surface area contributed by atoms with Crippen molar-refractivity contribution in [2.24, 2.45) is 5.92 Å². The highest BCUT2D eigenvalue weighted by molar-refractivity contribution is 9.10. The molecule has 0 saturated carbocycles. The molecule has 1 atom stereocenters. The predicted molar refractivity (Wildman–Crippen MR) is 89.5 cm³/mol. The summed E-state index contributed by atoms with van der Waals surface area (Å²) in [5.41, 5.74) is 1.04. The molecule has 1 aromatic carbocycles. The molecule has 112 valence electrons. The molecule has 1 aromatic heterocycles. The molecule has 1 unspecified atom stereocenters. The summed E-state index contributed by atoms with van der Waals surface area (Å²) in [4.78, 5) is 16.5. The minimum atomic E-state index is -0.0739. The van der Waals surface area contributed by atoms with E-state index in [0.29, 0.717) is 18.3 Å². The van der Waals surface area contributed by atoms with Crippen molar-refractivity contribution in [2.45, 2.75) is 33.4 Å². The zero-order chi connectivity index (χ0) is 15.4. The first-order valence-electron chi connectivity index (χ1n) is 7.05. The number of hydrogen-bond donors (Lipinski definition) is 1. The Morgan fingerprint density at radius 1 is 1.24 bits per heavy atom. The second-order valence-electron chi connectivity index (χ2n) is 5.54. The van der Waals surface area contributed by atoms with Gasteiger partial charge in [-0.3, -0.25) is 4.79 Å². The van der Waals surface area contributed by atoms with Gasteiger partial charge in [0.05, 0.1) is 6.04 Å². The van der Waals surface area contributed by atoms with Crippen LogP contribution in [0.4, 0.5) is 5.82 Å². The van der Waals surface area contributed by atoms with Crippen molar-refractivity contribution in [3.63, 3.8) is 0 Å². The van der Waals surface area contributed by atoms with Gasteiger partial charge < -0.3 is 9.88 Å². The van der Waals surface area contributed by atoms with Crippen LogP contribution in [0.3, 0.4) is 0 Å². The molecule has 0 bridgehead atoms. The van der Waals surface area contributed by atoms with E-state index < -0.39 is 0 Å². The van der Waals surface area contributed by atoms with Gasteiger partial charge >= 0.3 is 0 Å². The van der Waals surface area contributed by atoms with Crippen molar-refractivity contribution in [1.82, 2.24) is 9.55 Å². The standard InChI is InChI=1S/C16H20BrN3O/c1-11(2)10-20-9-8-18-15(16(20)21)19-12(3)13-4-6-14(17)7-5-13/h4-9,11-12H,10H2,1-3H3,(H,18,19). The average Bonchev–Trinajstić information content (AvgIpc) is 2.43. The molecular formula is C16H20BrN3O. The lowest BCUT2D eigenvalue weighted by atomic mass is 10.1. The molecule has 5 heteroatoms. The van der Waals surface area contributed by atoms with E-state index in [0.717, 1.165) is 10.0 Å². The SMILES string of the molecule is CC(C)Cn1ccnc(NC(C)c2ccc(Br)cc2)c1=O. The van der Waals surface area contributed by atoms with Crippen LogP contribution in [0.2, 0.25) is 0 Å². The lowest BCUT2D eigenvalue weighted by Crippen LogP contribution is -2.26. The Balaban J connectivity index is 2.19. The highest BCUT2D eigenvalue weighted by Crippen LogP contribution is 2.18. The first-order valence-corrected chi connectivity index (χ1v) is 7.84. The number of aromatic nitrogens is 2. The number of nitrogens with zero attached hydrogens (tertiary/aromatic N) is 2. The van der Waals surface area contributed by atoms with Gasteiger partial charge in [0.2, 0.25) is 0 Å². The number of nitrogens with one attached hydrogen (secondary N) is 1. The van der Waals surface area contributed by atoms with Crippen molar-refractivity contribution in [1.29, 1.82) is 0 Å². The average molecular weight is 350 g/mol. The second kappa shape index (κ2) is 6.89. The molecule has 0 saturated heterocycles. The van der Waals surface area contributed by atoms with Crippen molar-refractivity contribution in [3.05, 3.63) is 57.0 Å². The maximum absolute atomic E-state index is 12.4. The van der Waals surface area contributed by atoms with E-state index >= 15 is 0 Å². The zero-order valence-electron chi connectivity index (χ0n) is 12.5. The monoisotopic (exact) mass is 349 g/mol. The van der Waals surface area contributed by atoms with Crippen molar-refractivity contribution in [2.75, 3.05) is 5.32 Å². The normalized spacial score (nSPS) is 12.4. The fourth-order valence-corrected chi connectivity index (χ4v) is 2.39. The molecule has 21 heavy (non-hydrogen) atoms. The number of rotatable bonds is 5. The van der Waals surface area contributed by atoms with Crippen LogP contribution < -0.4 is 10.9 Å². The van der Waals surface area contributed by atoms with Crippen LogP contribution >= 0.6 is 15.9 Å². The minimum Gasteiger partial charge on any atom is -0.359 e. The van der Waals surface area contributed by atoms with E-state index in [9.17, 15) is 4.79 Å². The summed E-state index contributed by atoms with van der Waals surface area (Å²) in [6.45, 7) is 6.89. The van der Waals surface area contributed by atoms with E-state index in [1.807, 2.05) is 31.2 Å². The third kappa shape index (κ3) is 4.17. The molecule has 2 aromatic rings. The molecule has 0 radical (unpaired) electrons. The fraction of sp³-hybridized carbons (Fsp3) is 0.375. The summed E-state index contributed by atoms with van der Waals surface area (Å²) in [5.74, 6) is 0.815. The summed E-state index contributed by atoms with van der Waals surface area (Å²) in [7, 11) is 0. The van der Waals surface area contributed by atoms with Crippen LogP contribution in [0, 0.1) is 5.92 Å². The van der Waals surface area contributed by atoms with Crippen LogP contribution in [0.15, 0.2) is 45.9 Å². The summed E-state index contributed by atoms with van der Waals surface area (Å²) in [6, 6.07) is 8.05. The number of anilines is 1. The maximum Gasteiger partial charge on any atom is 0.293 e. The summed E-state index contributed by atoms with van der Waals surface area (Å²) < 4.78 is 2.74. The Kier molecular flexibility index (Phi) is 5.17. The number of hydrogen-bond acceptors (Lipinski definition) is 3. The van der Waals surface area contributed by atoms with Crippen LogP contribution in [0.5, 0.6) is 0 Å². The molecule has 0 aliphatic rings. The van der Waals surface area contributed by atoms with Gasteiger partial charge in [-0.2, -0.15) is 0 Å². The molecule has 0 amide bonds. The summed E-state index contributed by atoms with van der Waals surface area (Å²) >= 11 is 3.42. The van der Waals surface area contributed by atoms with Gasteiger partial charge in [-0.15, -0.1) is 0 Å². The van der Waals surface area contributed by atoms with Gasteiger partial charge in [0.25, 0.3) is 5.56 Å². The van der Waals surface area contributed by atoms with Gasteiger partial charge in [0.1, 0.15) is 0 Å². The molecular weight excluding hydrogens is 330 g/mol. The molecule has 2 rings (SSSR count). The molecule has 4 nitrogen and oxygen atoms in total. The van der Waals surface area contributed by atoms with Crippen molar-refractivity contribution < 1.29 is 0 Å². The van der Waals surface area contributed by atoms with Gasteiger partial charge in [-0.05, 0) is 30.5 Å². The summed E-state index contributed by atoms with van der Waals surface area (Å²) in [6.07, 6.45) is 3.40. The van der Waals surface area contributed by atoms with Crippen LogP contribution in [0.25, 0.3) is 0 Å². The Hall–Kier alpha value is -1.62. The van der Waals surface area contributed by atoms with E-state index in [-0.39, 0.29) is 11.6 Å². The fourth-order valence-electron chi connectivity index (χ4n) is 2.12. The highest BCUT2D eigenvalue weighted by Gasteiger charge is 2.10. The first-order chi connectivity index (χ1) is 9.97. The van der Waals surface area contributed by atoms with Crippen LogP contribution in [-0.2, 0) is 6.54 Å². The highest BCUT2D eigenvalue weighted by atomic mass is 79.9. The lowest BCUT2D eigenvalue weighted by molar-refractivity contribution is 0.509. The Bertz CT molecular complexity index is 649. The minimum absolute atomic E-state index is 0.0215. The zero-order valence-corrected chi connectivity index (χ0v) is 14.1. The second-order valence-corrected chi connectivity index (χ2v) is 6.46. The predicted octanol–water partition coefficient (Wildman–Crippen LogP) is 3.83.